The van der Waals surface area contributed by atoms with Gasteiger partial charge in [-0.25, -0.2) is 4.79 Å². The third-order valence-electron chi connectivity index (χ3n) is 1.95. The summed E-state index contributed by atoms with van der Waals surface area (Å²) in [6, 6.07) is 5.23. The van der Waals surface area contributed by atoms with Crippen molar-refractivity contribution in [2.24, 2.45) is 0 Å². The third kappa shape index (κ3) is 4.42. The van der Waals surface area contributed by atoms with Crippen LogP contribution in [0.1, 0.15) is 5.56 Å². The molecule has 0 unspecified atom stereocenters. The molecule has 0 atom stereocenters. The lowest BCUT2D eigenvalue weighted by Gasteiger charge is -2.09. The van der Waals surface area contributed by atoms with E-state index in [-0.39, 0.29) is 6.61 Å². The van der Waals surface area contributed by atoms with E-state index in [2.05, 4.69) is 10.1 Å². The first-order valence-corrected chi connectivity index (χ1v) is 5.23. The number of carbonyl (C=O) groups is 2. The summed E-state index contributed by atoms with van der Waals surface area (Å²) in [5.74, 6) is -1.56. The number of para-hydroxylation sites is 1. The summed E-state index contributed by atoms with van der Waals surface area (Å²) in [6.45, 7) is 0.978. The monoisotopic (exact) mass is 257 g/mol. The molecule has 0 aromatic heterocycles. The molecular weight excluding hydrogens is 246 g/mol. The van der Waals surface area contributed by atoms with Crippen LogP contribution in [0.25, 0.3) is 0 Å². The Labute approximate surface area is 103 Å². The van der Waals surface area contributed by atoms with E-state index in [1.807, 2.05) is 0 Å². The van der Waals surface area contributed by atoms with Crippen molar-refractivity contribution in [3.63, 3.8) is 0 Å². The standard InChI is InChI=1S/C11H12ClNO4/c1-7-3-2-4-8(12)11(7)13-9(14)5-17-6-10(15)16/h2-4H,5-6H2,1H3,(H,13,14)(H,15,16). The summed E-state index contributed by atoms with van der Waals surface area (Å²) >= 11 is 5.91. The summed E-state index contributed by atoms with van der Waals surface area (Å²) in [5, 5.41) is 11.3. The van der Waals surface area contributed by atoms with Crippen molar-refractivity contribution in [2.45, 2.75) is 6.92 Å². The quantitative estimate of drug-likeness (QED) is 0.842. The van der Waals surface area contributed by atoms with Crippen LogP contribution in [0.4, 0.5) is 5.69 Å². The zero-order valence-electron chi connectivity index (χ0n) is 9.20. The second kappa shape index (κ2) is 6.22. The lowest BCUT2D eigenvalue weighted by molar-refractivity contribution is -0.143. The van der Waals surface area contributed by atoms with Gasteiger partial charge in [-0.05, 0) is 18.6 Å². The summed E-state index contributed by atoms with van der Waals surface area (Å²) in [6.07, 6.45) is 0. The van der Waals surface area contributed by atoms with E-state index >= 15 is 0 Å². The lowest BCUT2D eigenvalue weighted by atomic mass is 10.2. The van der Waals surface area contributed by atoms with Crippen LogP contribution in [0, 0.1) is 6.92 Å². The Morgan fingerprint density at radius 3 is 2.71 bits per heavy atom. The first-order valence-electron chi connectivity index (χ1n) is 4.85. The molecule has 1 rings (SSSR count). The summed E-state index contributed by atoms with van der Waals surface area (Å²) in [7, 11) is 0. The Morgan fingerprint density at radius 1 is 1.41 bits per heavy atom. The number of anilines is 1. The van der Waals surface area contributed by atoms with Gasteiger partial charge in [0.2, 0.25) is 5.91 Å². The zero-order chi connectivity index (χ0) is 12.8. The highest BCUT2D eigenvalue weighted by atomic mass is 35.5. The number of hydrogen-bond donors (Lipinski definition) is 2. The van der Waals surface area contributed by atoms with E-state index in [9.17, 15) is 9.59 Å². The summed E-state index contributed by atoms with van der Waals surface area (Å²) in [5.41, 5.74) is 1.34. The number of halogens is 1. The van der Waals surface area contributed by atoms with Crippen LogP contribution in [0.3, 0.4) is 0 Å². The van der Waals surface area contributed by atoms with Gasteiger partial charge in [-0.1, -0.05) is 23.7 Å². The van der Waals surface area contributed by atoms with Gasteiger partial charge in [0.1, 0.15) is 13.2 Å². The second-order valence-corrected chi connectivity index (χ2v) is 3.77. The minimum absolute atomic E-state index is 0.322. The SMILES string of the molecule is Cc1cccc(Cl)c1NC(=O)COCC(=O)O. The average molecular weight is 258 g/mol. The Bertz CT molecular complexity index is 413. The topological polar surface area (TPSA) is 75.6 Å². The maximum Gasteiger partial charge on any atom is 0.329 e. The molecule has 0 fully saturated rings. The third-order valence-corrected chi connectivity index (χ3v) is 2.26. The van der Waals surface area contributed by atoms with Gasteiger partial charge in [0.15, 0.2) is 0 Å². The molecule has 0 aliphatic carbocycles. The first kappa shape index (κ1) is 13.5. The fourth-order valence-electron chi connectivity index (χ4n) is 1.20. The highest BCUT2D eigenvalue weighted by molar-refractivity contribution is 6.33. The molecule has 0 spiro atoms. The normalized spacial score (nSPS) is 10.0. The van der Waals surface area contributed by atoms with Crippen molar-refractivity contribution < 1.29 is 19.4 Å². The molecule has 1 aromatic rings. The Balaban J connectivity index is 2.53. The number of carboxylic acids is 1. The number of aryl methyl sites for hydroxylation is 1. The molecule has 0 saturated carbocycles. The molecule has 17 heavy (non-hydrogen) atoms. The molecule has 1 aromatic carbocycles. The van der Waals surface area contributed by atoms with Crippen LogP contribution in [0.15, 0.2) is 18.2 Å². The van der Waals surface area contributed by atoms with Crippen LogP contribution in [0.5, 0.6) is 0 Å². The number of rotatable bonds is 5. The molecule has 2 N–H and O–H groups in total. The molecule has 0 heterocycles. The van der Waals surface area contributed by atoms with Gasteiger partial charge in [-0.3, -0.25) is 4.79 Å². The lowest BCUT2D eigenvalue weighted by Crippen LogP contribution is -2.21. The zero-order valence-corrected chi connectivity index (χ0v) is 9.95. The van der Waals surface area contributed by atoms with Crippen molar-refractivity contribution in [3.8, 4) is 0 Å². The van der Waals surface area contributed by atoms with Crippen molar-refractivity contribution in [3.05, 3.63) is 28.8 Å². The van der Waals surface area contributed by atoms with Crippen molar-refractivity contribution in [2.75, 3.05) is 18.5 Å². The van der Waals surface area contributed by atoms with Crippen molar-refractivity contribution >= 4 is 29.2 Å². The predicted octanol–water partition coefficient (Wildman–Crippen LogP) is 1.69. The van der Waals surface area contributed by atoms with Gasteiger partial charge in [0, 0.05) is 0 Å². The second-order valence-electron chi connectivity index (χ2n) is 3.37. The minimum atomic E-state index is -1.12. The van der Waals surface area contributed by atoms with Crippen LogP contribution in [-0.2, 0) is 14.3 Å². The van der Waals surface area contributed by atoms with Gasteiger partial charge < -0.3 is 15.2 Å². The molecule has 6 heteroatoms. The number of carbonyl (C=O) groups excluding carboxylic acids is 1. The van der Waals surface area contributed by atoms with E-state index in [1.54, 1.807) is 25.1 Å². The Hall–Kier alpha value is -1.59. The molecule has 0 bridgehead atoms. The van der Waals surface area contributed by atoms with Gasteiger partial charge in [-0.15, -0.1) is 0 Å². The van der Waals surface area contributed by atoms with Gasteiger partial charge in [0.05, 0.1) is 10.7 Å². The Kier molecular flexibility index (Phi) is 4.93. The van der Waals surface area contributed by atoms with E-state index in [0.29, 0.717) is 10.7 Å². The number of nitrogens with one attached hydrogen (secondary N) is 1. The number of carboxylic acid groups (broad SMARTS) is 1. The molecule has 5 nitrogen and oxygen atoms in total. The number of aliphatic carboxylic acids is 1. The summed E-state index contributed by atoms with van der Waals surface area (Å²) in [4.78, 5) is 21.6. The minimum Gasteiger partial charge on any atom is -0.480 e. The molecule has 0 saturated heterocycles. The molecule has 0 aliphatic rings. The number of hydrogen-bond acceptors (Lipinski definition) is 3. The van der Waals surface area contributed by atoms with Crippen LogP contribution in [-0.4, -0.2) is 30.2 Å². The molecule has 0 radical (unpaired) electrons. The fraction of sp³-hybridized carbons (Fsp3) is 0.273. The summed E-state index contributed by atoms with van der Waals surface area (Å²) < 4.78 is 4.65. The fourth-order valence-corrected chi connectivity index (χ4v) is 1.47. The molecule has 0 aliphatic heterocycles. The highest BCUT2D eigenvalue weighted by Gasteiger charge is 2.08. The van der Waals surface area contributed by atoms with Gasteiger partial charge in [0.25, 0.3) is 0 Å². The Morgan fingerprint density at radius 2 is 2.12 bits per heavy atom. The van der Waals surface area contributed by atoms with Gasteiger partial charge >= 0.3 is 5.97 Å². The maximum atomic E-state index is 11.4. The number of amides is 1. The smallest absolute Gasteiger partial charge is 0.329 e. The molecule has 92 valence electrons. The van der Waals surface area contributed by atoms with E-state index < -0.39 is 18.5 Å². The average Bonchev–Trinajstić information content (AvgIpc) is 2.23. The predicted molar refractivity (Wildman–Crippen MR) is 63.3 cm³/mol. The van der Waals surface area contributed by atoms with Crippen LogP contribution < -0.4 is 5.32 Å². The number of ether oxygens (including phenoxy) is 1. The van der Waals surface area contributed by atoms with Crippen LogP contribution >= 0.6 is 11.6 Å². The van der Waals surface area contributed by atoms with E-state index in [4.69, 9.17) is 16.7 Å². The van der Waals surface area contributed by atoms with Gasteiger partial charge in [-0.2, -0.15) is 0 Å². The van der Waals surface area contributed by atoms with Crippen molar-refractivity contribution in [1.29, 1.82) is 0 Å². The first-order chi connectivity index (χ1) is 8.00. The largest absolute Gasteiger partial charge is 0.480 e. The number of benzene rings is 1. The molecule has 1 amide bonds. The van der Waals surface area contributed by atoms with Crippen molar-refractivity contribution in [1.82, 2.24) is 0 Å². The highest BCUT2D eigenvalue weighted by Crippen LogP contribution is 2.24. The van der Waals surface area contributed by atoms with Crippen LogP contribution in [0.2, 0.25) is 5.02 Å². The van der Waals surface area contributed by atoms with E-state index in [0.717, 1.165) is 5.56 Å². The van der Waals surface area contributed by atoms with E-state index in [1.165, 1.54) is 0 Å². The molecular formula is C11H12ClNO4. The maximum absolute atomic E-state index is 11.4.